The van der Waals surface area contributed by atoms with Crippen LogP contribution in [0.3, 0.4) is 0 Å². The number of aryl methyl sites for hydroxylation is 1. The molecule has 0 saturated carbocycles. The maximum Gasteiger partial charge on any atom is 0.319 e. The van der Waals surface area contributed by atoms with Crippen molar-refractivity contribution >= 4 is 11.7 Å². The smallest absolute Gasteiger partial charge is 0.319 e. The molecule has 0 unspecified atom stereocenters. The van der Waals surface area contributed by atoms with Crippen molar-refractivity contribution in [2.75, 3.05) is 5.32 Å². The van der Waals surface area contributed by atoms with Gasteiger partial charge in [0, 0.05) is 11.7 Å². The Hall–Kier alpha value is -1.58. The van der Waals surface area contributed by atoms with Crippen LogP contribution in [0, 0.1) is 6.92 Å². The number of hydrogen-bond acceptors (Lipinski definition) is 2. The number of nitrogens with zero attached hydrogens (tertiary/aromatic N) is 1. The number of rotatable bonds is 1. The third kappa shape index (κ3) is 3.97. The summed E-state index contributed by atoms with van der Waals surface area (Å²) in [5, 5.41) is 5.57. The third-order valence-electron chi connectivity index (χ3n) is 1.78. The van der Waals surface area contributed by atoms with Gasteiger partial charge >= 0.3 is 6.03 Å². The summed E-state index contributed by atoms with van der Waals surface area (Å²) in [4.78, 5) is 15.5. The number of carbonyl (C=O) groups is 1. The lowest BCUT2D eigenvalue weighted by molar-refractivity contribution is 0.244. The second kappa shape index (κ2) is 4.29. The molecule has 0 aliphatic rings. The highest BCUT2D eigenvalue weighted by Gasteiger charge is 2.13. The fourth-order valence-corrected chi connectivity index (χ4v) is 1.09. The molecule has 1 aromatic rings. The minimum atomic E-state index is -0.236. The van der Waals surface area contributed by atoms with E-state index in [0.29, 0.717) is 0 Å². The number of nitrogens with one attached hydrogen (secondary N) is 2. The predicted octanol–water partition coefficient (Wildman–Crippen LogP) is 2.31. The number of pyridine rings is 1. The van der Waals surface area contributed by atoms with Gasteiger partial charge in [-0.25, -0.2) is 4.79 Å². The predicted molar refractivity (Wildman–Crippen MR) is 60.9 cm³/mol. The van der Waals surface area contributed by atoms with Crippen LogP contribution in [-0.2, 0) is 0 Å². The summed E-state index contributed by atoms with van der Waals surface area (Å²) >= 11 is 0. The molecule has 1 heterocycles. The Bertz CT molecular complexity index is 355. The van der Waals surface area contributed by atoms with E-state index in [1.807, 2.05) is 33.8 Å². The molecule has 0 fully saturated rings. The summed E-state index contributed by atoms with van der Waals surface area (Å²) in [6, 6.07) is 1.64. The first-order valence-corrected chi connectivity index (χ1v) is 4.88. The van der Waals surface area contributed by atoms with Crippen LogP contribution in [0.5, 0.6) is 0 Å². The molecular weight excluding hydrogens is 190 g/mol. The highest BCUT2D eigenvalue weighted by atomic mass is 16.2. The first kappa shape index (κ1) is 11.5. The number of carbonyl (C=O) groups excluding carboxylic acids is 1. The van der Waals surface area contributed by atoms with Crippen LogP contribution in [0.15, 0.2) is 18.5 Å². The quantitative estimate of drug-likeness (QED) is 0.742. The van der Waals surface area contributed by atoms with E-state index in [2.05, 4.69) is 15.6 Å². The van der Waals surface area contributed by atoms with Crippen LogP contribution in [0.1, 0.15) is 26.3 Å². The van der Waals surface area contributed by atoms with Crippen LogP contribution in [0.25, 0.3) is 0 Å². The molecule has 0 aliphatic carbocycles. The second-order valence-corrected chi connectivity index (χ2v) is 4.52. The van der Waals surface area contributed by atoms with E-state index in [0.717, 1.165) is 11.3 Å². The summed E-state index contributed by atoms with van der Waals surface area (Å²) in [6.07, 6.45) is 3.33. The molecule has 2 N–H and O–H groups in total. The maximum atomic E-state index is 11.5. The largest absolute Gasteiger partial charge is 0.333 e. The van der Waals surface area contributed by atoms with Gasteiger partial charge in [0.15, 0.2) is 0 Å². The Morgan fingerprint density at radius 2 is 2.07 bits per heavy atom. The molecule has 1 aromatic heterocycles. The summed E-state index contributed by atoms with van der Waals surface area (Å²) in [5.41, 5.74) is 1.49. The van der Waals surface area contributed by atoms with Crippen LogP contribution < -0.4 is 10.6 Å². The Labute approximate surface area is 90.1 Å². The van der Waals surface area contributed by atoms with E-state index in [4.69, 9.17) is 0 Å². The van der Waals surface area contributed by atoms with Gasteiger partial charge < -0.3 is 10.6 Å². The van der Waals surface area contributed by atoms with Gasteiger partial charge in [-0.2, -0.15) is 0 Å². The molecular formula is C11H17N3O. The molecule has 0 saturated heterocycles. The van der Waals surface area contributed by atoms with Gasteiger partial charge in [0.25, 0.3) is 0 Å². The first-order valence-electron chi connectivity index (χ1n) is 4.88. The molecule has 0 atom stereocenters. The average Bonchev–Trinajstić information content (AvgIpc) is 2.05. The van der Waals surface area contributed by atoms with E-state index in [1.165, 1.54) is 0 Å². The van der Waals surface area contributed by atoms with Crippen molar-refractivity contribution < 1.29 is 4.79 Å². The zero-order valence-electron chi connectivity index (χ0n) is 9.59. The molecule has 0 aliphatic heterocycles. The normalized spacial score (nSPS) is 10.9. The zero-order chi connectivity index (χ0) is 11.5. The molecule has 0 bridgehead atoms. The van der Waals surface area contributed by atoms with E-state index >= 15 is 0 Å². The molecule has 4 heteroatoms. The van der Waals surface area contributed by atoms with Crippen molar-refractivity contribution in [3.8, 4) is 0 Å². The van der Waals surface area contributed by atoms with Crippen molar-refractivity contribution in [2.45, 2.75) is 33.2 Å². The Kier molecular flexibility index (Phi) is 3.29. The summed E-state index contributed by atoms with van der Waals surface area (Å²) < 4.78 is 0. The van der Waals surface area contributed by atoms with Gasteiger partial charge in [-0.15, -0.1) is 0 Å². The lowest BCUT2D eigenvalue weighted by atomic mass is 10.1. The van der Waals surface area contributed by atoms with Gasteiger partial charge in [-0.3, -0.25) is 4.98 Å². The zero-order valence-corrected chi connectivity index (χ0v) is 9.59. The lowest BCUT2D eigenvalue weighted by Crippen LogP contribution is -2.43. The van der Waals surface area contributed by atoms with Gasteiger partial charge in [0.1, 0.15) is 0 Å². The standard InChI is InChI=1S/C11H17N3O/c1-8-5-6-12-7-9(8)13-10(15)14-11(2,3)4/h5-7H,1-4H3,(H2,13,14,15). The average molecular weight is 207 g/mol. The van der Waals surface area contributed by atoms with Crippen LogP contribution in [0.4, 0.5) is 10.5 Å². The molecule has 82 valence electrons. The summed E-state index contributed by atoms with van der Waals surface area (Å²) in [6.45, 7) is 7.72. The van der Waals surface area contributed by atoms with E-state index in [-0.39, 0.29) is 11.6 Å². The number of anilines is 1. The highest BCUT2D eigenvalue weighted by Crippen LogP contribution is 2.11. The van der Waals surface area contributed by atoms with Crippen molar-refractivity contribution in [3.63, 3.8) is 0 Å². The summed E-state index contributed by atoms with van der Waals surface area (Å²) in [5.74, 6) is 0. The minimum Gasteiger partial charge on any atom is -0.333 e. The first-order chi connectivity index (χ1) is 6.88. The fourth-order valence-electron chi connectivity index (χ4n) is 1.09. The van der Waals surface area contributed by atoms with Gasteiger partial charge in [0.2, 0.25) is 0 Å². The summed E-state index contributed by atoms with van der Waals surface area (Å²) in [7, 11) is 0. The lowest BCUT2D eigenvalue weighted by Gasteiger charge is -2.21. The topological polar surface area (TPSA) is 54.0 Å². The van der Waals surface area contributed by atoms with E-state index in [1.54, 1.807) is 12.4 Å². The number of hydrogen-bond donors (Lipinski definition) is 2. The van der Waals surface area contributed by atoms with Gasteiger partial charge in [-0.1, -0.05) is 0 Å². The molecule has 1 rings (SSSR count). The minimum absolute atomic E-state index is 0.210. The monoisotopic (exact) mass is 207 g/mol. The Morgan fingerprint density at radius 3 is 2.60 bits per heavy atom. The van der Waals surface area contributed by atoms with E-state index in [9.17, 15) is 4.79 Å². The molecule has 0 spiro atoms. The number of aromatic nitrogens is 1. The third-order valence-corrected chi connectivity index (χ3v) is 1.78. The fraction of sp³-hybridized carbons (Fsp3) is 0.455. The Morgan fingerprint density at radius 1 is 1.40 bits per heavy atom. The SMILES string of the molecule is Cc1ccncc1NC(=O)NC(C)(C)C. The van der Waals surface area contributed by atoms with Crippen LogP contribution in [0.2, 0.25) is 0 Å². The number of amides is 2. The van der Waals surface area contributed by atoms with Crippen molar-refractivity contribution in [3.05, 3.63) is 24.0 Å². The maximum absolute atomic E-state index is 11.5. The second-order valence-electron chi connectivity index (χ2n) is 4.52. The van der Waals surface area contributed by atoms with Gasteiger partial charge in [-0.05, 0) is 39.3 Å². The molecule has 4 nitrogen and oxygen atoms in total. The van der Waals surface area contributed by atoms with E-state index < -0.39 is 0 Å². The Balaban J connectivity index is 2.64. The van der Waals surface area contributed by atoms with Gasteiger partial charge in [0.05, 0.1) is 11.9 Å². The van der Waals surface area contributed by atoms with Crippen LogP contribution in [-0.4, -0.2) is 16.6 Å². The van der Waals surface area contributed by atoms with Crippen molar-refractivity contribution in [2.24, 2.45) is 0 Å². The highest BCUT2D eigenvalue weighted by molar-refractivity contribution is 5.90. The van der Waals surface area contributed by atoms with Crippen molar-refractivity contribution in [1.29, 1.82) is 0 Å². The van der Waals surface area contributed by atoms with Crippen molar-refractivity contribution in [1.82, 2.24) is 10.3 Å². The molecule has 2 amide bonds. The van der Waals surface area contributed by atoms with Crippen LogP contribution >= 0.6 is 0 Å². The molecule has 0 aromatic carbocycles. The molecule has 15 heavy (non-hydrogen) atoms. The number of urea groups is 1. The molecule has 0 radical (unpaired) electrons.